The Hall–Kier alpha value is -0.980. The molecule has 2 N–H and O–H groups in total. The van der Waals surface area contributed by atoms with E-state index in [4.69, 9.17) is 9.47 Å². The monoisotopic (exact) mass is 414 g/mol. The summed E-state index contributed by atoms with van der Waals surface area (Å²) in [5.41, 5.74) is -0.0613. The molecule has 0 aromatic rings. The third-order valence-corrected chi connectivity index (χ3v) is 5.03. The van der Waals surface area contributed by atoms with E-state index in [0.717, 1.165) is 38.6 Å². The maximum atomic E-state index is 12.2. The maximum Gasteiger partial charge on any atom is 0.220 e. The number of ether oxygens (including phenoxy) is 2. The first-order valence-corrected chi connectivity index (χ1v) is 11.4. The first-order chi connectivity index (χ1) is 13.7. The number of nitrogens with one attached hydrogen (secondary N) is 2. The molecule has 0 spiro atoms. The zero-order chi connectivity index (χ0) is 22.3. The minimum absolute atomic E-state index is 0.0429. The molecular formula is C23H46N2O4. The van der Waals surface area contributed by atoms with Crippen LogP contribution in [0.25, 0.3) is 0 Å². The average molecular weight is 415 g/mol. The van der Waals surface area contributed by atoms with Gasteiger partial charge in [-0.05, 0) is 44.6 Å². The molecule has 0 heterocycles. The molecule has 6 nitrogen and oxygen atoms in total. The lowest BCUT2D eigenvalue weighted by Gasteiger charge is -2.30. The van der Waals surface area contributed by atoms with E-state index in [-0.39, 0.29) is 23.0 Å². The SMILES string of the molecule is CC.CNCCOC1(OCCNC(=O)CC(C)CC(C)(C)CC(C)=O)CCCC1. The number of rotatable bonds is 14. The van der Waals surface area contributed by atoms with Crippen LogP contribution >= 0.6 is 0 Å². The van der Waals surface area contributed by atoms with Crippen LogP contribution in [0.4, 0.5) is 0 Å². The smallest absolute Gasteiger partial charge is 0.220 e. The number of likely N-dealkylation sites (N-methyl/N-ethyl adjacent to an activating group) is 1. The summed E-state index contributed by atoms with van der Waals surface area (Å²) in [5, 5.41) is 6.03. The van der Waals surface area contributed by atoms with Gasteiger partial charge in [-0.1, -0.05) is 34.6 Å². The zero-order valence-corrected chi connectivity index (χ0v) is 20.0. The van der Waals surface area contributed by atoms with E-state index in [0.29, 0.717) is 32.6 Å². The second kappa shape index (κ2) is 14.9. The molecule has 172 valence electrons. The van der Waals surface area contributed by atoms with Gasteiger partial charge in [0.05, 0.1) is 13.2 Å². The number of ketones is 1. The van der Waals surface area contributed by atoms with Crippen LogP contribution < -0.4 is 10.6 Å². The van der Waals surface area contributed by atoms with Crippen molar-refractivity contribution in [3.05, 3.63) is 0 Å². The predicted octanol–water partition coefficient (Wildman–Crippen LogP) is 4.07. The van der Waals surface area contributed by atoms with E-state index in [1.807, 2.05) is 20.9 Å². The standard InChI is InChI=1S/C21H40N2O4.C2H6/c1-17(15-20(3,4)16-18(2)24)14-19(25)23-11-13-27-21(8-6-7-9-21)26-12-10-22-5;1-2/h17,22H,6-16H2,1-5H3,(H,23,25);1-2H3. The summed E-state index contributed by atoms with van der Waals surface area (Å²) in [6, 6.07) is 0. The van der Waals surface area contributed by atoms with Gasteiger partial charge in [0.25, 0.3) is 0 Å². The minimum atomic E-state index is -0.467. The predicted molar refractivity (Wildman–Crippen MR) is 119 cm³/mol. The fourth-order valence-electron chi connectivity index (χ4n) is 4.16. The topological polar surface area (TPSA) is 76.7 Å². The highest BCUT2D eigenvalue weighted by molar-refractivity contribution is 5.76. The highest BCUT2D eigenvalue weighted by Crippen LogP contribution is 2.34. The highest BCUT2D eigenvalue weighted by atomic mass is 16.7. The highest BCUT2D eigenvalue weighted by Gasteiger charge is 2.35. The Labute approximate surface area is 178 Å². The molecule has 0 bridgehead atoms. The van der Waals surface area contributed by atoms with Crippen molar-refractivity contribution in [1.29, 1.82) is 0 Å². The van der Waals surface area contributed by atoms with Gasteiger partial charge >= 0.3 is 0 Å². The quantitative estimate of drug-likeness (QED) is 0.331. The molecule has 1 saturated carbocycles. The minimum Gasteiger partial charge on any atom is -0.354 e. The summed E-state index contributed by atoms with van der Waals surface area (Å²) in [6.45, 7) is 14.3. The van der Waals surface area contributed by atoms with Crippen LogP contribution in [0.5, 0.6) is 0 Å². The Balaban J connectivity index is 0.00000379. The molecule has 1 aliphatic carbocycles. The molecular weight excluding hydrogens is 368 g/mol. The molecule has 1 unspecified atom stereocenters. The lowest BCUT2D eigenvalue weighted by Crippen LogP contribution is -2.38. The van der Waals surface area contributed by atoms with Crippen molar-refractivity contribution in [2.75, 3.05) is 33.4 Å². The van der Waals surface area contributed by atoms with Crippen LogP contribution in [0.3, 0.4) is 0 Å². The van der Waals surface area contributed by atoms with Crippen LogP contribution in [-0.4, -0.2) is 50.8 Å². The van der Waals surface area contributed by atoms with Gasteiger partial charge < -0.3 is 24.9 Å². The molecule has 6 heteroatoms. The molecule has 1 aliphatic rings. The molecule has 29 heavy (non-hydrogen) atoms. The van der Waals surface area contributed by atoms with Crippen molar-refractivity contribution >= 4 is 11.7 Å². The van der Waals surface area contributed by atoms with E-state index in [2.05, 4.69) is 31.4 Å². The first kappa shape index (κ1) is 28.0. The fraction of sp³-hybridized carbons (Fsp3) is 0.913. The molecule has 0 saturated heterocycles. The summed E-state index contributed by atoms with van der Waals surface area (Å²) in [5.74, 6) is 0.0187. The molecule has 1 fully saturated rings. The van der Waals surface area contributed by atoms with Gasteiger partial charge in [-0.3, -0.25) is 4.79 Å². The third-order valence-electron chi connectivity index (χ3n) is 5.03. The fourth-order valence-corrected chi connectivity index (χ4v) is 4.16. The van der Waals surface area contributed by atoms with E-state index in [9.17, 15) is 9.59 Å². The Morgan fingerprint density at radius 1 is 1.07 bits per heavy atom. The summed E-state index contributed by atoms with van der Waals surface area (Å²) >= 11 is 0. The van der Waals surface area contributed by atoms with Crippen molar-refractivity contribution < 1.29 is 19.1 Å². The summed E-state index contributed by atoms with van der Waals surface area (Å²) < 4.78 is 12.0. The molecule has 0 aliphatic heterocycles. The lowest BCUT2D eigenvalue weighted by atomic mass is 9.78. The van der Waals surface area contributed by atoms with Gasteiger partial charge in [0.15, 0.2) is 5.79 Å². The molecule has 1 atom stereocenters. The van der Waals surface area contributed by atoms with Crippen molar-refractivity contribution in [1.82, 2.24) is 10.6 Å². The molecule has 1 amide bonds. The maximum absolute atomic E-state index is 12.2. The molecule has 0 radical (unpaired) electrons. The van der Waals surface area contributed by atoms with Crippen molar-refractivity contribution in [3.63, 3.8) is 0 Å². The van der Waals surface area contributed by atoms with E-state index in [1.54, 1.807) is 6.92 Å². The van der Waals surface area contributed by atoms with Gasteiger partial charge in [0.2, 0.25) is 5.91 Å². The Morgan fingerprint density at radius 2 is 1.62 bits per heavy atom. The van der Waals surface area contributed by atoms with Crippen molar-refractivity contribution in [3.8, 4) is 0 Å². The number of hydrogen-bond acceptors (Lipinski definition) is 5. The van der Waals surface area contributed by atoms with Crippen LogP contribution in [0.1, 0.15) is 86.5 Å². The number of carbonyl (C=O) groups is 2. The summed E-state index contributed by atoms with van der Waals surface area (Å²) in [6.07, 6.45) is 5.99. The van der Waals surface area contributed by atoms with Crippen LogP contribution in [0.15, 0.2) is 0 Å². The molecule has 0 aromatic heterocycles. The van der Waals surface area contributed by atoms with Gasteiger partial charge in [-0.25, -0.2) is 0 Å². The Bertz CT molecular complexity index is 460. The molecule has 1 rings (SSSR count). The van der Waals surface area contributed by atoms with Crippen molar-refractivity contribution in [2.45, 2.75) is 92.3 Å². The van der Waals surface area contributed by atoms with Gasteiger partial charge in [-0.15, -0.1) is 0 Å². The van der Waals surface area contributed by atoms with E-state index < -0.39 is 5.79 Å². The first-order valence-electron chi connectivity index (χ1n) is 11.4. The lowest BCUT2D eigenvalue weighted by molar-refractivity contribution is -0.230. The third kappa shape index (κ3) is 13.0. The van der Waals surface area contributed by atoms with E-state index >= 15 is 0 Å². The summed E-state index contributed by atoms with van der Waals surface area (Å²) in [4.78, 5) is 23.5. The van der Waals surface area contributed by atoms with Crippen LogP contribution in [-0.2, 0) is 19.1 Å². The van der Waals surface area contributed by atoms with Crippen LogP contribution in [0.2, 0.25) is 0 Å². The van der Waals surface area contributed by atoms with Crippen molar-refractivity contribution in [2.24, 2.45) is 11.3 Å². The second-order valence-electron chi connectivity index (χ2n) is 8.82. The average Bonchev–Trinajstić information content (AvgIpc) is 3.08. The Kier molecular flexibility index (Phi) is 14.4. The summed E-state index contributed by atoms with van der Waals surface area (Å²) in [7, 11) is 1.91. The second-order valence-corrected chi connectivity index (χ2v) is 8.82. The normalized spacial score (nSPS) is 16.7. The number of carbonyl (C=O) groups excluding carboxylic acids is 2. The zero-order valence-electron chi connectivity index (χ0n) is 20.0. The largest absolute Gasteiger partial charge is 0.354 e. The number of Topliss-reactive ketones (excluding diaryl/α,β-unsaturated/α-hetero) is 1. The number of amides is 1. The van der Waals surface area contributed by atoms with Crippen LogP contribution in [0, 0.1) is 11.3 Å². The number of hydrogen-bond donors (Lipinski definition) is 2. The van der Waals surface area contributed by atoms with Gasteiger partial charge in [-0.2, -0.15) is 0 Å². The molecule has 0 aromatic carbocycles. The van der Waals surface area contributed by atoms with Gasteiger partial charge in [0, 0.05) is 38.8 Å². The van der Waals surface area contributed by atoms with Gasteiger partial charge in [0.1, 0.15) is 5.78 Å². The van der Waals surface area contributed by atoms with E-state index in [1.165, 1.54) is 0 Å². The Morgan fingerprint density at radius 3 is 2.14 bits per heavy atom.